The maximum absolute atomic E-state index is 4.43. The van der Waals surface area contributed by atoms with Crippen LogP contribution in [0.15, 0.2) is 42.7 Å². The second-order valence-electron chi connectivity index (χ2n) is 4.85. The standard InChI is InChI=1S/C15H18N4/c1-16-10-12-3-4-15-13(9-12)5-8-19(15)11-14-6-7-18(2)17-14/h3-9,16H,10-11H2,1-2H3. The lowest BCUT2D eigenvalue weighted by Crippen LogP contribution is -2.04. The lowest BCUT2D eigenvalue weighted by atomic mass is 10.1. The topological polar surface area (TPSA) is 34.8 Å². The number of aromatic nitrogens is 3. The molecule has 0 fully saturated rings. The molecule has 0 spiro atoms. The highest BCUT2D eigenvalue weighted by Crippen LogP contribution is 2.18. The summed E-state index contributed by atoms with van der Waals surface area (Å²) in [6.07, 6.45) is 4.11. The van der Waals surface area contributed by atoms with Crippen LogP contribution in [0.25, 0.3) is 10.9 Å². The summed E-state index contributed by atoms with van der Waals surface area (Å²) in [5.41, 5.74) is 3.65. The van der Waals surface area contributed by atoms with Gasteiger partial charge in [0.2, 0.25) is 0 Å². The average Bonchev–Trinajstić information content (AvgIpc) is 2.97. The zero-order valence-electron chi connectivity index (χ0n) is 11.3. The Hall–Kier alpha value is -2.07. The van der Waals surface area contributed by atoms with Crippen LogP contribution in [0.4, 0.5) is 0 Å². The van der Waals surface area contributed by atoms with Gasteiger partial charge in [-0.1, -0.05) is 6.07 Å². The Morgan fingerprint density at radius 1 is 1.16 bits per heavy atom. The highest BCUT2D eigenvalue weighted by atomic mass is 15.3. The first-order valence-corrected chi connectivity index (χ1v) is 6.47. The Kier molecular flexibility index (Phi) is 3.09. The highest BCUT2D eigenvalue weighted by molar-refractivity contribution is 5.81. The van der Waals surface area contributed by atoms with Gasteiger partial charge < -0.3 is 9.88 Å². The highest BCUT2D eigenvalue weighted by Gasteiger charge is 2.04. The van der Waals surface area contributed by atoms with Crippen LogP contribution in [0.2, 0.25) is 0 Å². The molecule has 2 aromatic heterocycles. The van der Waals surface area contributed by atoms with Gasteiger partial charge in [0, 0.05) is 31.5 Å². The van der Waals surface area contributed by atoms with Gasteiger partial charge >= 0.3 is 0 Å². The van der Waals surface area contributed by atoms with Gasteiger partial charge in [0.25, 0.3) is 0 Å². The van der Waals surface area contributed by atoms with E-state index in [9.17, 15) is 0 Å². The summed E-state index contributed by atoms with van der Waals surface area (Å²) in [4.78, 5) is 0. The lowest BCUT2D eigenvalue weighted by molar-refractivity contribution is 0.716. The number of hydrogen-bond donors (Lipinski definition) is 1. The number of benzene rings is 1. The Labute approximate surface area is 112 Å². The molecule has 98 valence electrons. The summed E-state index contributed by atoms with van der Waals surface area (Å²) in [7, 11) is 3.91. The summed E-state index contributed by atoms with van der Waals surface area (Å²) >= 11 is 0. The Morgan fingerprint density at radius 2 is 2.05 bits per heavy atom. The quantitative estimate of drug-likeness (QED) is 0.774. The number of rotatable bonds is 4. The molecule has 0 aliphatic rings. The molecule has 1 N–H and O–H groups in total. The molecule has 0 saturated heterocycles. The number of nitrogens with one attached hydrogen (secondary N) is 1. The third-order valence-corrected chi connectivity index (χ3v) is 3.32. The van der Waals surface area contributed by atoms with Crippen molar-refractivity contribution in [1.82, 2.24) is 19.7 Å². The molecule has 4 heteroatoms. The van der Waals surface area contributed by atoms with Crippen LogP contribution in [0.5, 0.6) is 0 Å². The van der Waals surface area contributed by atoms with Crippen molar-refractivity contribution in [3.05, 3.63) is 54.0 Å². The molecule has 0 aliphatic heterocycles. The van der Waals surface area contributed by atoms with Crippen molar-refractivity contribution in [2.24, 2.45) is 7.05 Å². The van der Waals surface area contributed by atoms with E-state index in [0.29, 0.717) is 0 Å². The fraction of sp³-hybridized carbons (Fsp3) is 0.267. The molecule has 2 heterocycles. The predicted molar refractivity (Wildman–Crippen MR) is 77.0 cm³/mol. The van der Waals surface area contributed by atoms with Gasteiger partial charge in [-0.15, -0.1) is 0 Å². The molecule has 19 heavy (non-hydrogen) atoms. The molecule has 0 saturated carbocycles. The summed E-state index contributed by atoms with van der Waals surface area (Å²) in [5.74, 6) is 0. The molecule has 3 rings (SSSR count). The van der Waals surface area contributed by atoms with Crippen molar-refractivity contribution in [2.45, 2.75) is 13.1 Å². The zero-order chi connectivity index (χ0) is 13.2. The smallest absolute Gasteiger partial charge is 0.0821 e. The molecule has 0 radical (unpaired) electrons. The summed E-state index contributed by atoms with van der Waals surface area (Å²) in [6.45, 7) is 1.72. The number of aryl methyl sites for hydroxylation is 1. The van der Waals surface area contributed by atoms with E-state index in [-0.39, 0.29) is 0 Å². The Bertz CT molecular complexity index is 693. The first kappa shape index (κ1) is 12.0. The molecule has 0 bridgehead atoms. The van der Waals surface area contributed by atoms with E-state index >= 15 is 0 Å². The van der Waals surface area contributed by atoms with Gasteiger partial charge in [0.1, 0.15) is 0 Å². The van der Waals surface area contributed by atoms with Crippen LogP contribution in [-0.4, -0.2) is 21.4 Å². The van der Waals surface area contributed by atoms with Crippen molar-refractivity contribution in [2.75, 3.05) is 7.05 Å². The van der Waals surface area contributed by atoms with Crippen LogP contribution >= 0.6 is 0 Å². The number of hydrogen-bond acceptors (Lipinski definition) is 2. The van der Waals surface area contributed by atoms with Crippen molar-refractivity contribution < 1.29 is 0 Å². The van der Waals surface area contributed by atoms with Crippen molar-refractivity contribution >= 4 is 10.9 Å². The van der Waals surface area contributed by atoms with Crippen LogP contribution in [-0.2, 0) is 20.1 Å². The molecular weight excluding hydrogens is 236 g/mol. The monoisotopic (exact) mass is 254 g/mol. The largest absolute Gasteiger partial charge is 0.341 e. The second kappa shape index (κ2) is 4.90. The van der Waals surface area contributed by atoms with Gasteiger partial charge in [-0.3, -0.25) is 4.68 Å². The maximum atomic E-state index is 4.43. The molecule has 0 atom stereocenters. The third kappa shape index (κ3) is 2.39. The molecule has 0 amide bonds. The normalized spacial score (nSPS) is 11.3. The van der Waals surface area contributed by atoms with E-state index in [4.69, 9.17) is 0 Å². The van der Waals surface area contributed by atoms with Crippen molar-refractivity contribution in [3.63, 3.8) is 0 Å². The molecule has 1 aromatic carbocycles. The Balaban J connectivity index is 1.92. The lowest BCUT2D eigenvalue weighted by Gasteiger charge is -2.04. The SMILES string of the molecule is CNCc1ccc2c(ccn2Cc2ccn(C)n2)c1. The third-order valence-electron chi connectivity index (χ3n) is 3.32. The van der Waals surface area contributed by atoms with E-state index in [1.807, 2.05) is 25.0 Å². The molecular formula is C15H18N4. The van der Waals surface area contributed by atoms with E-state index in [1.165, 1.54) is 16.5 Å². The molecule has 0 aliphatic carbocycles. The second-order valence-corrected chi connectivity index (χ2v) is 4.85. The molecule has 3 aromatic rings. The van der Waals surface area contributed by atoms with Gasteiger partial charge in [-0.05, 0) is 42.3 Å². The minimum absolute atomic E-state index is 0.815. The van der Waals surface area contributed by atoms with Gasteiger partial charge in [-0.25, -0.2) is 0 Å². The summed E-state index contributed by atoms with van der Waals surface area (Å²) < 4.78 is 4.08. The van der Waals surface area contributed by atoms with E-state index < -0.39 is 0 Å². The van der Waals surface area contributed by atoms with Gasteiger partial charge in [0.05, 0.1) is 12.2 Å². The first-order valence-electron chi connectivity index (χ1n) is 6.47. The van der Waals surface area contributed by atoms with Gasteiger partial charge in [0.15, 0.2) is 0 Å². The van der Waals surface area contributed by atoms with E-state index in [2.05, 4.69) is 51.5 Å². The molecule has 0 unspecified atom stereocenters. The summed E-state index contributed by atoms with van der Waals surface area (Å²) in [6, 6.07) is 10.8. The Morgan fingerprint density at radius 3 is 2.79 bits per heavy atom. The van der Waals surface area contributed by atoms with Gasteiger partial charge in [-0.2, -0.15) is 5.10 Å². The van der Waals surface area contributed by atoms with E-state index in [1.54, 1.807) is 0 Å². The maximum Gasteiger partial charge on any atom is 0.0821 e. The number of fused-ring (bicyclic) bond motifs is 1. The molecule has 4 nitrogen and oxygen atoms in total. The predicted octanol–water partition coefficient (Wildman–Crippen LogP) is 2.14. The van der Waals surface area contributed by atoms with Crippen LogP contribution in [0.3, 0.4) is 0 Å². The zero-order valence-corrected chi connectivity index (χ0v) is 11.3. The van der Waals surface area contributed by atoms with E-state index in [0.717, 1.165) is 18.8 Å². The van der Waals surface area contributed by atoms with Crippen LogP contribution in [0.1, 0.15) is 11.3 Å². The fourth-order valence-electron chi connectivity index (χ4n) is 2.42. The first-order chi connectivity index (χ1) is 9.26. The summed E-state index contributed by atoms with van der Waals surface area (Å²) in [5, 5.41) is 8.88. The minimum Gasteiger partial charge on any atom is -0.341 e. The minimum atomic E-state index is 0.815. The fourth-order valence-corrected chi connectivity index (χ4v) is 2.42. The van der Waals surface area contributed by atoms with Crippen molar-refractivity contribution in [1.29, 1.82) is 0 Å². The van der Waals surface area contributed by atoms with Crippen LogP contribution < -0.4 is 5.32 Å². The number of nitrogens with zero attached hydrogens (tertiary/aromatic N) is 3. The van der Waals surface area contributed by atoms with Crippen LogP contribution in [0, 0.1) is 0 Å². The van der Waals surface area contributed by atoms with Crippen molar-refractivity contribution in [3.8, 4) is 0 Å². The average molecular weight is 254 g/mol.